The van der Waals surface area contributed by atoms with Crippen LogP contribution >= 0.6 is 0 Å². The molecule has 1 aliphatic heterocycles. The second kappa shape index (κ2) is 7.56. The predicted octanol–water partition coefficient (Wildman–Crippen LogP) is 0.0943. The number of carbonyl (C=O) groups is 1. The lowest BCUT2D eigenvalue weighted by Crippen LogP contribution is -2.41. The number of nitrogens with zero attached hydrogens (tertiary/aromatic N) is 2. The smallest absolute Gasteiger partial charge is 0.250 e. The fraction of sp³-hybridized carbons (Fsp3) is 0.625. The van der Waals surface area contributed by atoms with Gasteiger partial charge in [-0.1, -0.05) is 0 Å². The first-order valence-corrected chi connectivity index (χ1v) is 7.79. The molecule has 2 N–H and O–H groups in total. The Bertz CT molecular complexity index is 560. The molecule has 0 radical (unpaired) electrons. The van der Waals surface area contributed by atoms with Gasteiger partial charge in [0.2, 0.25) is 5.91 Å². The Morgan fingerprint density at radius 2 is 2.14 bits per heavy atom. The third-order valence-electron chi connectivity index (χ3n) is 4.10. The highest BCUT2D eigenvalue weighted by molar-refractivity contribution is 5.78. The van der Waals surface area contributed by atoms with E-state index in [1.165, 1.54) is 0 Å². The van der Waals surface area contributed by atoms with Crippen molar-refractivity contribution >= 4 is 5.91 Å². The van der Waals surface area contributed by atoms with Crippen LogP contribution in [-0.2, 0) is 18.4 Å². The van der Waals surface area contributed by atoms with E-state index in [9.17, 15) is 14.7 Å². The Kier molecular flexibility index (Phi) is 5.74. The fourth-order valence-corrected chi connectivity index (χ4v) is 2.69. The molecule has 0 aromatic carbocycles. The Morgan fingerprint density at radius 1 is 1.45 bits per heavy atom. The quantitative estimate of drug-likeness (QED) is 0.809. The van der Waals surface area contributed by atoms with Gasteiger partial charge in [0.25, 0.3) is 5.56 Å². The first-order chi connectivity index (χ1) is 10.5. The van der Waals surface area contributed by atoms with E-state index in [2.05, 4.69) is 10.2 Å². The molecule has 0 saturated carbocycles. The third kappa shape index (κ3) is 4.68. The first-order valence-electron chi connectivity index (χ1n) is 7.79. The lowest BCUT2D eigenvalue weighted by Gasteiger charge is -2.31. The van der Waals surface area contributed by atoms with Gasteiger partial charge in [-0.25, -0.2) is 0 Å². The van der Waals surface area contributed by atoms with Crippen LogP contribution in [0.1, 0.15) is 25.3 Å². The zero-order valence-electron chi connectivity index (χ0n) is 13.3. The van der Waals surface area contributed by atoms with Crippen molar-refractivity contribution < 1.29 is 9.90 Å². The Hall–Kier alpha value is -1.66. The van der Waals surface area contributed by atoms with Crippen molar-refractivity contribution in [3.63, 3.8) is 0 Å². The van der Waals surface area contributed by atoms with Crippen molar-refractivity contribution in [1.29, 1.82) is 0 Å². The minimum atomic E-state index is -0.510. The molecule has 1 saturated heterocycles. The predicted molar refractivity (Wildman–Crippen MR) is 84.4 cm³/mol. The highest BCUT2D eigenvalue weighted by Gasteiger charge is 2.24. The number of rotatable bonds is 5. The molecule has 22 heavy (non-hydrogen) atoms. The average Bonchev–Trinajstić information content (AvgIpc) is 2.49. The maximum absolute atomic E-state index is 12.0. The standard InChI is InChI=1S/C16H25N3O3/c1-12(20)10-17-16(22)14-4-7-19(8-5-14)11-13-3-6-18(2)15(21)9-13/h3,6,9,12,14,20H,4-5,7-8,10-11H2,1-2H3,(H,17,22)/t12-/m1/s1. The summed E-state index contributed by atoms with van der Waals surface area (Å²) in [6.07, 6.45) is 2.91. The van der Waals surface area contributed by atoms with E-state index in [1.54, 1.807) is 30.8 Å². The molecule has 0 spiro atoms. The van der Waals surface area contributed by atoms with Gasteiger partial charge in [0, 0.05) is 38.3 Å². The summed E-state index contributed by atoms with van der Waals surface area (Å²) in [6.45, 7) is 4.42. The molecular formula is C16H25N3O3. The summed E-state index contributed by atoms with van der Waals surface area (Å²) in [5, 5.41) is 12.0. The van der Waals surface area contributed by atoms with Crippen LogP contribution in [0, 0.1) is 5.92 Å². The summed E-state index contributed by atoms with van der Waals surface area (Å²) >= 11 is 0. The number of hydrogen-bond acceptors (Lipinski definition) is 4. The maximum atomic E-state index is 12.0. The highest BCUT2D eigenvalue weighted by Crippen LogP contribution is 2.18. The minimum absolute atomic E-state index is 0.00453. The van der Waals surface area contributed by atoms with E-state index in [-0.39, 0.29) is 17.4 Å². The van der Waals surface area contributed by atoms with Gasteiger partial charge in [0.1, 0.15) is 0 Å². The topological polar surface area (TPSA) is 74.6 Å². The van der Waals surface area contributed by atoms with Gasteiger partial charge in [-0.05, 0) is 44.5 Å². The SMILES string of the molecule is C[C@@H](O)CNC(=O)C1CCN(Cc2ccn(C)c(=O)c2)CC1. The molecule has 0 aliphatic carbocycles. The summed E-state index contributed by atoms with van der Waals surface area (Å²) in [6, 6.07) is 3.63. The van der Waals surface area contributed by atoms with E-state index in [1.807, 2.05) is 6.07 Å². The summed E-state index contributed by atoms with van der Waals surface area (Å²) in [7, 11) is 1.74. The summed E-state index contributed by atoms with van der Waals surface area (Å²) in [5.74, 6) is 0.0628. The van der Waals surface area contributed by atoms with Crippen LogP contribution in [0.5, 0.6) is 0 Å². The molecule has 1 amide bonds. The van der Waals surface area contributed by atoms with Crippen LogP contribution in [0.4, 0.5) is 0 Å². The number of piperidine rings is 1. The molecule has 2 rings (SSSR count). The summed E-state index contributed by atoms with van der Waals surface area (Å²) in [5.41, 5.74) is 1.02. The molecule has 6 heteroatoms. The van der Waals surface area contributed by atoms with Crippen molar-refractivity contribution in [2.24, 2.45) is 13.0 Å². The van der Waals surface area contributed by atoms with Gasteiger partial charge in [-0.3, -0.25) is 14.5 Å². The average molecular weight is 307 g/mol. The van der Waals surface area contributed by atoms with Crippen LogP contribution in [0.15, 0.2) is 23.1 Å². The lowest BCUT2D eigenvalue weighted by atomic mass is 9.95. The van der Waals surface area contributed by atoms with Gasteiger partial charge >= 0.3 is 0 Å². The lowest BCUT2D eigenvalue weighted by molar-refractivity contribution is -0.126. The van der Waals surface area contributed by atoms with Gasteiger partial charge in [-0.15, -0.1) is 0 Å². The normalized spacial score (nSPS) is 18.1. The number of aryl methyl sites for hydroxylation is 1. The molecular weight excluding hydrogens is 282 g/mol. The number of carbonyl (C=O) groups excluding carboxylic acids is 1. The number of aliphatic hydroxyl groups is 1. The van der Waals surface area contributed by atoms with Crippen molar-refractivity contribution in [2.45, 2.75) is 32.4 Å². The molecule has 2 heterocycles. The first kappa shape index (κ1) is 16.7. The van der Waals surface area contributed by atoms with Crippen LogP contribution in [-0.4, -0.2) is 46.2 Å². The van der Waals surface area contributed by atoms with E-state index in [4.69, 9.17) is 0 Å². The number of pyridine rings is 1. The highest BCUT2D eigenvalue weighted by atomic mass is 16.3. The molecule has 1 aliphatic rings. The molecule has 0 unspecified atom stereocenters. The Labute approximate surface area is 130 Å². The fourth-order valence-electron chi connectivity index (χ4n) is 2.69. The van der Waals surface area contributed by atoms with Crippen molar-refractivity contribution in [1.82, 2.24) is 14.8 Å². The number of hydrogen-bond donors (Lipinski definition) is 2. The molecule has 1 atom stereocenters. The van der Waals surface area contributed by atoms with Crippen molar-refractivity contribution in [3.8, 4) is 0 Å². The molecule has 0 bridgehead atoms. The second-order valence-corrected chi connectivity index (χ2v) is 6.13. The summed E-state index contributed by atoms with van der Waals surface area (Å²) < 4.78 is 1.56. The maximum Gasteiger partial charge on any atom is 0.250 e. The largest absolute Gasteiger partial charge is 0.392 e. The molecule has 1 aromatic rings. The number of likely N-dealkylation sites (tertiary alicyclic amines) is 1. The van der Waals surface area contributed by atoms with E-state index < -0.39 is 6.10 Å². The monoisotopic (exact) mass is 307 g/mol. The molecule has 1 aromatic heterocycles. The molecule has 6 nitrogen and oxygen atoms in total. The van der Waals surface area contributed by atoms with Gasteiger partial charge in [0.15, 0.2) is 0 Å². The number of amides is 1. The second-order valence-electron chi connectivity index (χ2n) is 6.13. The Morgan fingerprint density at radius 3 is 2.73 bits per heavy atom. The van der Waals surface area contributed by atoms with Gasteiger partial charge in [-0.2, -0.15) is 0 Å². The van der Waals surface area contributed by atoms with E-state index in [0.29, 0.717) is 6.54 Å². The van der Waals surface area contributed by atoms with Gasteiger partial charge in [0.05, 0.1) is 6.10 Å². The van der Waals surface area contributed by atoms with Crippen LogP contribution in [0.3, 0.4) is 0 Å². The molecule has 122 valence electrons. The van der Waals surface area contributed by atoms with Crippen LogP contribution < -0.4 is 10.9 Å². The zero-order chi connectivity index (χ0) is 16.1. The summed E-state index contributed by atoms with van der Waals surface area (Å²) in [4.78, 5) is 25.9. The van der Waals surface area contributed by atoms with Crippen LogP contribution in [0.25, 0.3) is 0 Å². The third-order valence-corrected chi connectivity index (χ3v) is 4.10. The zero-order valence-corrected chi connectivity index (χ0v) is 13.3. The molecule has 1 fully saturated rings. The van der Waals surface area contributed by atoms with E-state index in [0.717, 1.165) is 38.0 Å². The number of aliphatic hydroxyl groups excluding tert-OH is 1. The van der Waals surface area contributed by atoms with Crippen LogP contribution in [0.2, 0.25) is 0 Å². The van der Waals surface area contributed by atoms with E-state index >= 15 is 0 Å². The minimum Gasteiger partial charge on any atom is -0.392 e. The number of aromatic nitrogens is 1. The van der Waals surface area contributed by atoms with Crippen molar-refractivity contribution in [3.05, 3.63) is 34.2 Å². The van der Waals surface area contributed by atoms with Gasteiger partial charge < -0.3 is 15.0 Å². The Balaban J connectivity index is 1.80. The van der Waals surface area contributed by atoms with Crippen molar-refractivity contribution in [2.75, 3.05) is 19.6 Å². The number of nitrogens with one attached hydrogen (secondary N) is 1.